The molecule has 3 heterocycles. The van der Waals surface area contributed by atoms with E-state index in [4.69, 9.17) is 0 Å². The zero-order valence-corrected chi connectivity index (χ0v) is 18.8. The fraction of sp³-hybridized carbons (Fsp3) is 0.625. The number of nitrogens with zero attached hydrogens (tertiary/aromatic N) is 5. The van der Waals surface area contributed by atoms with Gasteiger partial charge in [-0.05, 0) is 64.5 Å². The largest absolute Gasteiger partial charge is 0.341 e. The number of aromatic nitrogens is 3. The highest BCUT2D eigenvalue weighted by Gasteiger charge is 2.47. The van der Waals surface area contributed by atoms with Gasteiger partial charge in [-0.25, -0.2) is 4.52 Å². The molecule has 0 unspecified atom stereocenters. The number of fused-ring (bicyclic) bond motifs is 1. The Morgan fingerprint density at radius 1 is 1.22 bits per heavy atom. The van der Waals surface area contributed by atoms with Crippen LogP contribution in [0.5, 0.6) is 0 Å². The van der Waals surface area contributed by atoms with Gasteiger partial charge in [0.2, 0.25) is 17.8 Å². The molecule has 8 nitrogen and oxygen atoms in total. The standard InChI is InChI=1S/C24H30N6O2/c1-23(2,13-25)12-20(31)29-14-24(15-29)10-8-16(9-11-24)18-4-3-5-19-26-22(28-30(18)19)27-21(32)17-6-7-17/h3-5,16-17H,6-12,14-15H2,1-2H3,(H,27,28,32). The molecule has 0 radical (unpaired) electrons. The number of carbonyl (C=O) groups is 2. The van der Waals surface area contributed by atoms with Gasteiger partial charge in [0.15, 0.2) is 5.65 Å². The monoisotopic (exact) mass is 434 g/mol. The summed E-state index contributed by atoms with van der Waals surface area (Å²) in [7, 11) is 0. The van der Waals surface area contributed by atoms with Crippen molar-refractivity contribution >= 4 is 23.4 Å². The summed E-state index contributed by atoms with van der Waals surface area (Å²) >= 11 is 0. The van der Waals surface area contributed by atoms with Crippen molar-refractivity contribution in [2.45, 2.75) is 64.7 Å². The number of pyridine rings is 1. The van der Waals surface area contributed by atoms with Crippen molar-refractivity contribution < 1.29 is 9.59 Å². The molecule has 2 saturated carbocycles. The van der Waals surface area contributed by atoms with Crippen molar-refractivity contribution in [2.24, 2.45) is 16.7 Å². The van der Waals surface area contributed by atoms with Gasteiger partial charge in [-0.3, -0.25) is 14.9 Å². The van der Waals surface area contributed by atoms with E-state index in [-0.39, 0.29) is 29.6 Å². The van der Waals surface area contributed by atoms with Crippen LogP contribution in [0.4, 0.5) is 5.95 Å². The smallest absolute Gasteiger partial charge is 0.249 e. The van der Waals surface area contributed by atoms with Crippen molar-refractivity contribution in [1.29, 1.82) is 5.26 Å². The maximum absolute atomic E-state index is 12.5. The molecule has 0 atom stereocenters. The van der Waals surface area contributed by atoms with E-state index >= 15 is 0 Å². The van der Waals surface area contributed by atoms with E-state index in [2.05, 4.69) is 27.5 Å². The molecule has 1 saturated heterocycles. The van der Waals surface area contributed by atoms with Gasteiger partial charge < -0.3 is 4.90 Å². The van der Waals surface area contributed by atoms with Crippen molar-refractivity contribution in [2.75, 3.05) is 18.4 Å². The van der Waals surface area contributed by atoms with E-state index in [9.17, 15) is 14.9 Å². The summed E-state index contributed by atoms with van der Waals surface area (Å²) in [6.07, 6.45) is 6.46. The third kappa shape index (κ3) is 3.96. The van der Waals surface area contributed by atoms with Crippen LogP contribution in [-0.4, -0.2) is 44.4 Å². The average Bonchev–Trinajstić information content (AvgIpc) is 3.51. The molecule has 168 valence electrons. The first-order valence-corrected chi connectivity index (χ1v) is 11.6. The van der Waals surface area contributed by atoms with Crippen molar-refractivity contribution in [3.8, 4) is 6.07 Å². The zero-order chi connectivity index (χ0) is 22.5. The Morgan fingerprint density at radius 2 is 1.94 bits per heavy atom. The van der Waals surface area contributed by atoms with Gasteiger partial charge in [-0.15, -0.1) is 5.10 Å². The molecule has 1 aliphatic heterocycles. The molecule has 2 aromatic rings. The van der Waals surface area contributed by atoms with Crippen LogP contribution in [-0.2, 0) is 9.59 Å². The Hall–Kier alpha value is -2.95. The van der Waals surface area contributed by atoms with Gasteiger partial charge >= 0.3 is 0 Å². The molecule has 3 aliphatic rings. The van der Waals surface area contributed by atoms with Crippen LogP contribution in [0.1, 0.15) is 70.4 Å². The Labute approximate surface area is 188 Å². The summed E-state index contributed by atoms with van der Waals surface area (Å²) < 4.78 is 1.88. The summed E-state index contributed by atoms with van der Waals surface area (Å²) in [6.45, 7) is 5.26. The van der Waals surface area contributed by atoms with Gasteiger partial charge in [0.05, 0.1) is 11.5 Å². The van der Waals surface area contributed by atoms with Crippen LogP contribution in [0, 0.1) is 28.1 Å². The maximum Gasteiger partial charge on any atom is 0.249 e. The van der Waals surface area contributed by atoms with Gasteiger partial charge in [0.25, 0.3) is 0 Å². The summed E-state index contributed by atoms with van der Waals surface area (Å²) in [5.41, 5.74) is 1.52. The molecule has 32 heavy (non-hydrogen) atoms. The van der Waals surface area contributed by atoms with E-state index < -0.39 is 5.41 Å². The second-order valence-corrected chi connectivity index (χ2v) is 10.6. The molecule has 0 aromatic carbocycles. The first-order valence-electron chi connectivity index (χ1n) is 11.6. The number of nitriles is 1. The van der Waals surface area contributed by atoms with Gasteiger partial charge in [0, 0.05) is 42.5 Å². The zero-order valence-electron chi connectivity index (χ0n) is 18.8. The molecule has 0 bridgehead atoms. The molecule has 8 heteroatoms. The SMILES string of the molecule is CC(C)(C#N)CC(=O)N1CC2(CCC(c3cccc4nc(NC(=O)C5CC5)nn34)CC2)C1. The summed E-state index contributed by atoms with van der Waals surface area (Å²) in [6, 6.07) is 8.26. The van der Waals surface area contributed by atoms with E-state index in [0.717, 1.165) is 63.0 Å². The molecular weight excluding hydrogens is 404 g/mol. The topological polar surface area (TPSA) is 103 Å². The van der Waals surface area contributed by atoms with Gasteiger partial charge in [0.1, 0.15) is 0 Å². The number of likely N-dealkylation sites (tertiary alicyclic amines) is 1. The molecule has 5 rings (SSSR count). The van der Waals surface area contributed by atoms with Gasteiger partial charge in [-0.2, -0.15) is 10.2 Å². The average molecular weight is 435 g/mol. The highest BCUT2D eigenvalue weighted by molar-refractivity contribution is 5.92. The second kappa shape index (κ2) is 7.58. The number of carbonyl (C=O) groups excluding carboxylic acids is 2. The van der Waals surface area contributed by atoms with E-state index in [1.165, 1.54) is 0 Å². The molecule has 2 amide bonds. The summed E-state index contributed by atoms with van der Waals surface area (Å²) in [5.74, 6) is 1.01. The van der Waals surface area contributed by atoms with Crippen LogP contribution in [0.2, 0.25) is 0 Å². The van der Waals surface area contributed by atoms with E-state index in [1.54, 1.807) is 0 Å². The first kappa shape index (κ1) is 20.9. The second-order valence-electron chi connectivity index (χ2n) is 10.6. The Balaban J connectivity index is 1.21. The third-order valence-corrected chi connectivity index (χ3v) is 7.34. The number of rotatable bonds is 5. The fourth-order valence-corrected chi connectivity index (χ4v) is 5.16. The highest BCUT2D eigenvalue weighted by Crippen LogP contribution is 2.48. The van der Waals surface area contributed by atoms with E-state index in [1.807, 2.05) is 35.4 Å². The minimum absolute atomic E-state index is 0.0179. The van der Waals surface area contributed by atoms with Gasteiger partial charge in [-0.1, -0.05) is 6.07 Å². The summed E-state index contributed by atoms with van der Waals surface area (Å²) in [5, 5.41) is 16.6. The lowest BCUT2D eigenvalue weighted by atomic mass is 9.65. The van der Waals surface area contributed by atoms with Crippen LogP contribution >= 0.6 is 0 Å². The predicted octanol–water partition coefficient (Wildman–Crippen LogP) is 3.50. The van der Waals surface area contributed by atoms with Crippen LogP contribution < -0.4 is 5.32 Å². The third-order valence-electron chi connectivity index (χ3n) is 7.34. The minimum Gasteiger partial charge on any atom is -0.341 e. The lowest BCUT2D eigenvalue weighted by Crippen LogP contribution is -2.59. The Morgan fingerprint density at radius 3 is 2.59 bits per heavy atom. The van der Waals surface area contributed by atoms with Crippen molar-refractivity contribution in [3.63, 3.8) is 0 Å². The number of amides is 2. The summed E-state index contributed by atoms with van der Waals surface area (Å²) in [4.78, 5) is 31.0. The molecule has 1 spiro atoms. The van der Waals surface area contributed by atoms with Crippen LogP contribution in [0.25, 0.3) is 5.65 Å². The fourth-order valence-electron chi connectivity index (χ4n) is 5.16. The number of hydrogen-bond donors (Lipinski definition) is 1. The molecule has 3 fully saturated rings. The predicted molar refractivity (Wildman–Crippen MR) is 119 cm³/mol. The number of hydrogen-bond acceptors (Lipinski definition) is 5. The van der Waals surface area contributed by atoms with Crippen molar-refractivity contribution in [1.82, 2.24) is 19.5 Å². The quantitative estimate of drug-likeness (QED) is 0.776. The number of nitrogens with one attached hydrogen (secondary N) is 1. The lowest BCUT2D eigenvalue weighted by molar-refractivity contribution is -0.147. The highest BCUT2D eigenvalue weighted by atomic mass is 16.2. The molecule has 2 aliphatic carbocycles. The Kier molecular flexibility index (Phi) is 4.95. The molecule has 2 aromatic heterocycles. The molecular formula is C24H30N6O2. The van der Waals surface area contributed by atoms with Crippen LogP contribution in [0.3, 0.4) is 0 Å². The van der Waals surface area contributed by atoms with E-state index in [0.29, 0.717) is 11.9 Å². The number of anilines is 1. The first-order chi connectivity index (χ1) is 15.3. The Bertz CT molecular complexity index is 1090. The van der Waals surface area contributed by atoms with Crippen LogP contribution in [0.15, 0.2) is 18.2 Å². The lowest BCUT2D eigenvalue weighted by Gasteiger charge is -2.53. The molecule has 1 N–H and O–H groups in total. The van der Waals surface area contributed by atoms with Crippen molar-refractivity contribution in [3.05, 3.63) is 23.9 Å². The minimum atomic E-state index is -0.606. The normalized spacial score (nSPS) is 20.7. The maximum atomic E-state index is 12.5.